The first-order valence-corrected chi connectivity index (χ1v) is 9.57. The van der Waals surface area contributed by atoms with Gasteiger partial charge in [-0.1, -0.05) is 48.5 Å². The lowest BCUT2D eigenvalue weighted by Gasteiger charge is -2.26. The van der Waals surface area contributed by atoms with Crippen molar-refractivity contribution in [2.45, 2.75) is 37.6 Å². The Balaban J connectivity index is 1.57. The highest BCUT2D eigenvalue weighted by Gasteiger charge is 2.33. The number of para-hydroxylation sites is 1. The van der Waals surface area contributed by atoms with Crippen molar-refractivity contribution in [1.29, 1.82) is 0 Å². The van der Waals surface area contributed by atoms with E-state index in [-0.39, 0.29) is 11.9 Å². The fraction of sp³-hybridized carbons (Fsp3) is 0.304. The summed E-state index contributed by atoms with van der Waals surface area (Å²) in [5.74, 6) is 0.687. The summed E-state index contributed by atoms with van der Waals surface area (Å²) in [6.07, 6.45) is 4.47. The molecule has 1 aliphatic heterocycles. The zero-order chi connectivity index (χ0) is 17.5. The van der Waals surface area contributed by atoms with Crippen molar-refractivity contribution < 1.29 is 4.79 Å². The molecule has 1 atom stereocenters. The number of carbonyl (C=O) groups excluding carboxylic acids is 1. The number of hydrogen-bond acceptors (Lipinski definition) is 2. The topological polar surface area (TPSA) is 33.2 Å². The average Bonchev–Trinajstić information content (AvgIpc) is 3.44. The van der Waals surface area contributed by atoms with Crippen LogP contribution in [0.5, 0.6) is 0 Å². The van der Waals surface area contributed by atoms with Gasteiger partial charge in [-0.2, -0.15) is 0 Å². The van der Waals surface area contributed by atoms with E-state index in [4.69, 9.17) is 4.98 Å². The van der Waals surface area contributed by atoms with Gasteiger partial charge in [0.1, 0.15) is 0 Å². The van der Waals surface area contributed by atoms with E-state index in [1.165, 1.54) is 18.4 Å². The predicted octanol–water partition coefficient (Wildman–Crippen LogP) is 5.09. The van der Waals surface area contributed by atoms with E-state index in [1.54, 1.807) is 0 Å². The van der Waals surface area contributed by atoms with E-state index >= 15 is 0 Å². The van der Waals surface area contributed by atoms with E-state index < -0.39 is 0 Å². The van der Waals surface area contributed by atoms with Crippen LogP contribution in [0, 0.1) is 0 Å². The first-order chi connectivity index (χ1) is 12.8. The van der Waals surface area contributed by atoms with Crippen molar-refractivity contribution in [3.8, 4) is 0 Å². The molecule has 2 heterocycles. The van der Waals surface area contributed by atoms with Gasteiger partial charge in [0.05, 0.1) is 17.1 Å². The van der Waals surface area contributed by atoms with Gasteiger partial charge in [-0.3, -0.25) is 9.78 Å². The fourth-order valence-electron chi connectivity index (χ4n) is 4.15. The van der Waals surface area contributed by atoms with Crippen LogP contribution in [0.25, 0.3) is 10.9 Å². The Labute approximate surface area is 153 Å². The van der Waals surface area contributed by atoms with Gasteiger partial charge in [0.2, 0.25) is 0 Å². The molecule has 1 aliphatic carbocycles. The second kappa shape index (κ2) is 6.24. The molecular formula is C23H22N2O. The number of pyridine rings is 1. The molecule has 3 heteroatoms. The molecule has 1 amide bonds. The second-order valence-corrected chi connectivity index (χ2v) is 7.45. The summed E-state index contributed by atoms with van der Waals surface area (Å²) in [4.78, 5) is 20.4. The number of rotatable bonds is 3. The normalized spacial score (nSPS) is 19.8. The van der Waals surface area contributed by atoms with Crippen molar-refractivity contribution >= 4 is 16.8 Å². The maximum absolute atomic E-state index is 13.5. The van der Waals surface area contributed by atoms with Gasteiger partial charge in [0.25, 0.3) is 5.91 Å². The molecule has 2 aromatic carbocycles. The maximum atomic E-state index is 13.5. The van der Waals surface area contributed by atoms with E-state index in [1.807, 2.05) is 30.3 Å². The van der Waals surface area contributed by atoms with Crippen molar-refractivity contribution in [2.75, 3.05) is 6.54 Å². The molecule has 1 saturated heterocycles. The molecule has 26 heavy (non-hydrogen) atoms. The number of hydrogen-bond donors (Lipinski definition) is 0. The highest BCUT2D eigenvalue weighted by Crippen LogP contribution is 2.41. The number of benzene rings is 2. The Morgan fingerprint density at radius 3 is 2.54 bits per heavy atom. The molecule has 1 unspecified atom stereocenters. The molecule has 3 aromatic rings. The Morgan fingerprint density at radius 2 is 1.73 bits per heavy atom. The Morgan fingerprint density at radius 1 is 0.962 bits per heavy atom. The third-order valence-corrected chi connectivity index (χ3v) is 5.66. The minimum atomic E-state index is 0.150. The first-order valence-electron chi connectivity index (χ1n) is 9.57. The fourth-order valence-corrected chi connectivity index (χ4v) is 4.15. The number of amides is 1. The minimum absolute atomic E-state index is 0.150. The summed E-state index contributed by atoms with van der Waals surface area (Å²) in [5, 5.41) is 0.973. The molecule has 2 aliphatic rings. The van der Waals surface area contributed by atoms with E-state index in [9.17, 15) is 4.79 Å². The molecule has 130 valence electrons. The Bertz CT molecular complexity index is 962. The number of nitrogens with zero attached hydrogens (tertiary/aromatic N) is 2. The molecule has 5 rings (SSSR count). The third-order valence-electron chi connectivity index (χ3n) is 5.66. The first kappa shape index (κ1) is 15.6. The van der Waals surface area contributed by atoms with Crippen LogP contribution < -0.4 is 0 Å². The van der Waals surface area contributed by atoms with Crippen molar-refractivity contribution in [1.82, 2.24) is 9.88 Å². The van der Waals surface area contributed by atoms with Crippen molar-refractivity contribution in [3.63, 3.8) is 0 Å². The van der Waals surface area contributed by atoms with Crippen molar-refractivity contribution in [3.05, 3.63) is 77.5 Å². The van der Waals surface area contributed by atoms with E-state index in [2.05, 4.69) is 35.2 Å². The van der Waals surface area contributed by atoms with Crippen LogP contribution in [0.15, 0.2) is 60.7 Å². The lowest BCUT2D eigenvalue weighted by atomic mass is 10.0. The zero-order valence-electron chi connectivity index (χ0n) is 14.8. The standard InChI is InChI=1S/C23H22N2O/c26-23(25-14-6-11-22(25)17-7-2-1-3-8-17)19-15-21(16-12-13-16)24-20-10-5-4-9-18(19)20/h1-5,7-10,15-16,22H,6,11-14H2. The molecule has 0 N–H and O–H groups in total. The summed E-state index contributed by atoms with van der Waals surface area (Å²) in [6, 6.07) is 20.7. The van der Waals surface area contributed by atoms with Gasteiger partial charge < -0.3 is 4.90 Å². The van der Waals surface area contributed by atoms with Crippen LogP contribution in [-0.2, 0) is 0 Å². The lowest BCUT2D eigenvalue weighted by Crippen LogP contribution is -2.30. The van der Waals surface area contributed by atoms with Gasteiger partial charge >= 0.3 is 0 Å². The Kier molecular flexibility index (Phi) is 3.74. The van der Waals surface area contributed by atoms with Gasteiger partial charge in [-0.05, 0) is 43.4 Å². The number of aromatic nitrogens is 1. The van der Waals surface area contributed by atoms with Gasteiger partial charge in [-0.25, -0.2) is 0 Å². The van der Waals surface area contributed by atoms with Crippen LogP contribution in [0.1, 0.15) is 59.3 Å². The van der Waals surface area contributed by atoms with Crippen LogP contribution in [0.3, 0.4) is 0 Å². The zero-order valence-corrected chi connectivity index (χ0v) is 14.8. The number of fused-ring (bicyclic) bond motifs is 1. The summed E-state index contributed by atoms with van der Waals surface area (Å²) in [7, 11) is 0. The third kappa shape index (κ3) is 2.68. The molecule has 0 radical (unpaired) electrons. The second-order valence-electron chi connectivity index (χ2n) is 7.45. The highest BCUT2D eigenvalue weighted by atomic mass is 16.2. The quantitative estimate of drug-likeness (QED) is 0.664. The minimum Gasteiger partial charge on any atom is -0.332 e. The SMILES string of the molecule is O=C(c1cc(C2CC2)nc2ccccc12)N1CCCC1c1ccccc1. The maximum Gasteiger partial charge on any atom is 0.255 e. The van der Waals surface area contributed by atoms with Crippen LogP contribution in [-0.4, -0.2) is 22.3 Å². The van der Waals surface area contributed by atoms with Crippen LogP contribution >= 0.6 is 0 Å². The van der Waals surface area contributed by atoms with Crippen LogP contribution in [0.2, 0.25) is 0 Å². The predicted molar refractivity (Wildman–Crippen MR) is 103 cm³/mol. The summed E-state index contributed by atoms with van der Waals surface area (Å²) >= 11 is 0. The summed E-state index contributed by atoms with van der Waals surface area (Å²) in [6.45, 7) is 0.827. The monoisotopic (exact) mass is 342 g/mol. The van der Waals surface area contributed by atoms with Gasteiger partial charge in [-0.15, -0.1) is 0 Å². The molecule has 0 spiro atoms. The number of likely N-dealkylation sites (tertiary alicyclic amines) is 1. The molecule has 1 saturated carbocycles. The molecular weight excluding hydrogens is 320 g/mol. The van der Waals surface area contributed by atoms with E-state index in [0.717, 1.165) is 41.5 Å². The smallest absolute Gasteiger partial charge is 0.255 e. The molecule has 3 nitrogen and oxygen atoms in total. The average molecular weight is 342 g/mol. The lowest BCUT2D eigenvalue weighted by molar-refractivity contribution is 0.0737. The van der Waals surface area contributed by atoms with E-state index in [0.29, 0.717) is 5.92 Å². The van der Waals surface area contributed by atoms with Gasteiger partial charge in [0.15, 0.2) is 0 Å². The van der Waals surface area contributed by atoms with Crippen molar-refractivity contribution in [2.24, 2.45) is 0 Å². The molecule has 0 bridgehead atoms. The summed E-state index contributed by atoms with van der Waals surface area (Å²) in [5.41, 5.74) is 4.08. The summed E-state index contributed by atoms with van der Waals surface area (Å²) < 4.78 is 0. The molecule has 1 aromatic heterocycles. The van der Waals surface area contributed by atoms with Crippen LogP contribution in [0.4, 0.5) is 0 Å². The Hall–Kier alpha value is -2.68. The highest BCUT2D eigenvalue weighted by molar-refractivity contribution is 6.06. The largest absolute Gasteiger partial charge is 0.332 e. The van der Waals surface area contributed by atoms with Gasteiger partial charge in [0, 0.05) is 23.5 Å². The number of carbonyl (C=O) groups is 1. The molecule has 2 fully saturated rings.